The van der Waals surface area contributed by atoms with Crippen molar-refractivity contribution in [3.63, 3.8) is 0 Å². The molecule has 0 fully saturated rings. The summed E-state index contributed by atoms with van der Waals surface area (Å²) in [6, 6.07) is 5.30. The fraction of sp³-hybridized carbons (Fsp3) is 0.0769. The molecule has 0 saturated heterocycles. The van der Waals surface area contributed by atoms with Crippen molar-refractivity contribution in [2.24, 2.45) is 0 Å². The number of nitro benzene ring substituents is 1. The molecule has 21 heavy (non-hydrogen) atoms. The number of benzene rings is 2. The van der Waals surface area contributed by atoms with Gasteiger partial charge in [-0.2, -0.15) is 0 Å². The maximum absolute atomic E-state index is 13.7. The third-order valence-electron chi connectivity index (χ3n) is 2.72. The molecule has 0 atom stereocenters. The van der Waals surface area contributed by atoms with Crippen LogP contribution in [0.5, 0.6) is 0 Å². The van der Waals surface area contributed by atoms with Gasteiger partial charge in [-0.25, -0.2) is 13.2 Å². The van der Waals surface area contributed by atoms with Crippen molar-refractivity contribution in [1.82, 2.24) is 0 Å². The number of hydrogen-bond acceptors (Lipinski definition) is 3. The highest BCUT2D eigenvalue weighted by molar-refractivity contribution is 6.30. The molecule has 0 heterocycles. The van der Waals surface area contributed by atoms with Crippen LogP contribution in [-0.2, 0) is 6.54 Å². The fourth-order valence-corrected chi connectivity index (χ4v) is 1.94. The Kier molecular flexibility index (Phi) is 4.32. The molecule has 0 bridgehead atoms. The first kappa shape index (κ1) is 15.1. The Hall–Kier alpha value is -2.28. The Morgan fingerprint density at radius 2 is 1.95 bits per heavy atom. The Balaban J connectivity index is 2.32. The van der Waals surface area contributed by atoms with Crippen LogP contribution >= 0.6 is 11.6 Å². The van der Waals surface area contributed by atoms with Crippen molar-refractivity contribution in [2.45, 2.75) is 6.54 Å². The molecule has 2 aromatic rings. The van der Waals surface area contributed by atoms with Crippen LogP contribution in [0.3, 0.4) is 0 Å². The van der Waals surface area contributed by atoms with Gasteiger partial charge in [-0.3, -0.25) is 10.1 Å². The van der Waals surface area contributed by atoms with Crippen molar-refractivity contribution in [3.05, 3.63) is 68.5 Å². The van der Waals surface area contributed by atoms with Gasteiger partial charge in [-0.05, 0) is 6.07 Å². The third kappa shape index (κ3) is 3.25. The zero-order valence-corrected chi connectivity index (χ0v) is 11.1. The lowest BCUT2D eigenvalue weighted by atomic mass is 10.2. The summed E-state index contributed by atoms with van der Waals surface area (Å²) in [7, 11) is 0. The maximum atomic E-state index is 13.7. The lowest BCUT2D eigenvalue weighted by Gasteiger charge is -2.09. The van der Waals surface area contributed by atoms with Gasteiger partial charge in [0.25, 0.3) is 5.69 Å². The van der Waals surface area contributed by atoms with Crippen LogP contribution in [0.4, 0.5) is 24.5 Å². The van der Waals surface area contributed by atoms with E-state index in [1.165, 1.54) is 18.2 Å². The predicted octanol–water partition coefficient (Wildman–Crippen LogP) is 4.28. The molecule has 0 aliphatic carbocycles. The molecular formula is C13H8ClF3N2O2. The van der Waals surface area contributed by atoms with Gasteiger partial charge in [0.2, 0.25) is 0 Å². The quantitative estimate of drug-likeness (QED) is 0.676. The molecular weight excluding hydrogens is 309 g/mol. The summed E-state index contributed by atoms with van der Waals surface area (Å²) in [5, 5.41) is 13.1. The summed E-state index contributed by atoms with van der Waals surface area (Å²) >= 11 is 5.59. The van der Waals surface area contributed by atoms with Crippen molar-refractivity contribution in [2.75, 3.05) is 5.32 Å². The molecule has 110 valence electrons. The van der Waals surface area contributed by atoms with E-state index in [1.807, 2.05) is 0 Å². The average molecular weight is 317 g/mol. The summed E-state index contributed by atoms with van der Waals surface area (Å²) in [6.07, 6.45) is 0. The van der Waals surface area contributed by atoms with Gasteiger partial charge in [0.05, 0.1) is 16.0 Å². The normalized spacial score (nSPS) is 10.5. The van der Waals surface area contributed by atoms with E-state index in [-0.39, 0.29) is 17.1 Å². The van der Waals surface area contributed by atoms with Gasteiger partial charge in [-0.15, -0.1) is 0 Å². The van der Waals surface area contributed by atoms with Crippen molar-refractivity contribution in [1.29, 1.82) is 0 Å². The number of anilines is 1. The monoisotopic (exact) mass is 316 g/mol. The number of halogens is 4. The van der Waals surface area contributed by atoms with E-state index in [2.05, 4.69) is 5.32 Å². The summed E-state index contributed by atoms with van der Waals surface area (Å²) in [5.74, 6) is -2.92. The molecule has 8 heteroatoms. The standard InChI is InChI=1S/C13H8ClF3N2O2/c14-9-3-1-2-7(12(9)17)6-18-13-10(16)4-8(15)5-11(13)19(20)21/h1-5,18H,6H2. The number of nitro groups is 1. The molecule has 0 unspecified atom stereocenters. The van der Waals surface area contributed by atoms with Crippen LogP contribution in [0, 0.1) is 27.6 Å². The topological polar surface area (TPSA) is 55.2 Å². The van der Waals surface area contributed by atoms with E-state index >= 15 is 0 Å². The van der Waals surface area contributed by atoms with Crippen LogP contribution in [-0.4, -0.2) is 4.92 Å². The highest BCUT2D eigenvalue weighted by Crippen LogP contribution is 2.29. The Morgan fingerprint density at radius 1 is 1.24 bits per heavy atom. The average Bonchev–Trinajstić information content (AvgIpc) is 2.41. The van der Waals surface area contributed by atoms with E-state index in [9.17, 15) is 23.3 Å². The molecule has 2 aromatic carbocycles. The molecule has 1 N–H and O–H groups in total. The summed E-state index contributed by atoms with van der Waals surface area (Å²) < 4.78 is 40.3. The van der Waals surface area contributed by atoms with Gasteiger partial charge < -0.3 is 5.32 Å². The van der Waals surface area contributed by atoms with Crippen LogP contribution in [0.15, 0.2) is 30.3 Å². The molecule has 0 amide bonds. The zero-order chi connectivity index (χ0) is 15.6. The highest BCUT2D eigenvalue weighted by Gasteiger charge is 2.20. The van der Waals surface area contributed by atoms with E-state index in [1.54, 1.807) is 0 Å². The summed E-state index contributed by atoms with van der Waals surface area (Å²) in [6.45, 7) is -0.240. The van der Waals surface area contributed by atoms with Gasteiger partial charge >= 0.3 is 0 Å². The van der Waals surface area contributed by atoms with Gasteiger partial charge in [0, 0.05) is 18.2 Å². The molecule has 0 aliphatic heterocycles. The minimum absolute atomic E-state index is 0.0977. The number of hydrogen-bond donors (Lipinski definition) is 1. The second kappa shape index (κ2) is 6.01. The van der Waals surface area contributed by atoms with Crippen molar-refractivity contribution >= 4 is 23.0 Å². The van der Waals surface area contributed by atoms with Crippen LogP contribution in [0.25, 0.3) is 0 Å². The number of nitrogens with one attached hydrogen (secondary N) is 1. The predicted molar refractivity (Wildman–Crippen MR) is 71.7 cm³/mol. The van der Waals surface area contributed by atoms with E-state index in [0.29, 0.717) is 12.1 Å². The lowest BCUT2D eigenvalue weighted by molar-refractivity contribution is -0.384. The molecule has 2 rings (SSSR count). The minimum Gasteiger partial charge on any atom is -0.373 e. The molecule has 0 aliphatic rings. The first-order valence-corrected chi connectivity index (χ1v) is 6.08. The maximum Gasteiger partial charge on any atom is 0.298 e. The summed E-state index contributed by atoms with van der Waals surface area (Å²) in [4.78, 5) is 9.87. The van der Waals surface area contributed by atoms with Gasteiger partial charge in [-0.1, -0.05) is 23.7 Å². The molecule has 4 nitrogen and oxygen atoms in total. The van der Waals surface area contributed by atoms with E-state index in [4.69, 9.17) is 11.6 Å². The van der Waals surface area contributed by atoms with E-state index < -0.39 is 33.7 Å². The van der Waals surface area contributed by atoms with Crippen LogP contribution in [0.1, 0.15) is 5.56 Å². The van der Waals surface area contributed by atoms with Crippen LogP contribution in [0.2, 0.25) is 5.02 Å². The largest absolute Gasteiger partial charge is 0.373 e. The van der Waals surface area contributed by atoms with Crippen molar-refractivity contribution in [3.8, 4) is 0 Å². The smallest absolute Gasteiger partial charge is 0.298 e. The fourth-order valence-electron chi connectivity index (χ4n) is 1.75. The molecule has 0 radical (unpaired) electrons. The second-order valence-electron chi connectivity index (χ2n) is 4.11. The first-order chi connectivity index (χ1) is 9.90. The minimum atomic E-state index is -1.14. The lowest BCUT2D eigenvalue weighted by Crippen LogP contribution is -2.07. The number of nitrogens with zero attached hydrogens (tertiary/aromatic N) is 1. The number of rotatable bonds is 4. The first-order valence-electron chi connectivity index (χ1n) is 5.70. The molecule has 0 spiro atoms. The summed E-state index contributed by atoms with van der Waals surface area (Å²) in [5.41, 5.74) is -1.18. The third-order valence-corrected chi connectivity index (χ3v) is 3.01. The Labute approximate surface area is 122 Å². The Bertz CT molecular complexity index is 710. The molecule has 0 aromatic heterocycles. The SMILES string of the molecule is O=[N+]([O-])c1cc(F)cc(F)c1NCc1cccc(Cl)c1F. The van der Waals surface area contributed by atoms with Crippen molar-refractivity contribution < 1.29 is 18.1 Å². The van der Waals surface area contributed by atoms with E-state index in [0.717, 1.165) is 0 Å². The van der Waals surface area contributed by atoms with Gasteiger partial charge in [0.15, 0.2) is 5.82 Å². The second-order valence-corrected chi connectivity index (χ2v) is 4.51. The van der Waals surface area contributed by atoms with Gasteiger partial charge in [0.1, 0.15) is 17.3 Å². The molecule has 0 saturated carbocycles. The highest BCUT2D eigenvalue weighted by atomic mass is 35.5. The van der Waals surface area contributed by atoms with Crippen LogP contribution < -0.4 is 5.32 Å². The Morgan fingerprint density at radius 3 is 2.62 bits per heavy atom. The zero-order valence-electron chi connectivity index (χ0n) is 10.4.